The fraction of sp³-hybridized carbons (Fsp3) is 0.417. The van der Waals surface area contributed by atoms with E-state index in [1.807, 2.05) is 24.3 Å². The van der Waals surface area contributed by atoms with E-state index in [1.54, 1.807) is 7.11 Å². The molecule has 0 N–H and O–H groups in total. The van der Waals surface area contributed by atoms with Gasteiger partial charge in [-0.1, -0.05) is 23.7 Å². The van der Waals surface area contributed by atoms with Gasteiger partial charge in [0, 0.05) is 18.1 Å². The first-order valence-corrected chi connectivity index (χ1v) is 5.40. The summed E-state index contributed by atoms with van der Waals surface area (Å²) < 4.78 is 9.90. The van der Waals surface area contributed by atoms with Crippen LogP contribution < -0.4 is 0 Å². The van der Waals surface area contributed by atoms with E-state index in [0.717, 1.165) is 11.8 Å². The van der Waals surface area contributed by atoms with Gasteiger partial charge in [0.2, 0.25) is 0 Å². The lowest BCUT2D eigenvalue weighted by molar-refractivity contribution is -0.115. The van der Waals surface area contributed by atoms with Crippen LogP contribution in [0.4, 0.5) is 0 Å². The Kier molecular flexibility index (Phi) is 6.08. The molecule has 0 amide bonds. The molecule has 0 saturated carbocycles. The van der Waals surface area contributed by atoms with Gasteiger partial charge >= 0.3 is 0 Å². The molecule has 4 heteroatoms. The lowest BCUT2D eigenvalue weighted by Gasteiger charge is -2.10. The van der Waals surface area contributed by atoms with Crippen molar-refractivity contribution in [1.82, 2.24) is 0 Å². The number of rotatable bonds is 7. The zero-order valence-electron chi connectivity index (χ0n) is 9.19. The highest BCUT2D eigenvalue weighted by Crippen LogP contribution is 2.12. The van der Waals surface area contributed by atoms with E-state index in [-0.39, 0.29) is 12.7 Å². The smallest absolute Gasteiger partial charge is 0.146 e. The van der Waals surface area contributed by atoms with Gasteiger partial charge in [0.15, 0.2) is 0 Å². The van der Waals surface area contributed by atoms with Crippen LogP contribution in [-0.4, -0.2) is 26.8 Å². The fourth-order valence-corrected chi connectivity index (χ4v) is 1.48. The average molecular weight is 243 g/mol. The van der Waals surface area contributed by atoms with Crippen molar-refractivity contribution in [3.05, 3.63) is 34.9 Å². The third kappa shape index (κ3) is 4.75. The van der Waals surface area contributed by atoms with Crippen LogP contribution in [-0.2, 0) is 20.7 Å². The number of aldehydes is 1. The number of halogens is 1. The third-order valence-electron chi connectivity index (χ3n) is 2.14. The van der Waals surface area contributed by atoms with Crippen molar-refractivity contribution in [3.8, 4) is 0 Å². The molecule has 0 radical (unpaired) electrons. The maximum absolute atomic E-state index is 10.8. The normalized spacial score (nSPS) is 12.4. The maximum atomic E-state index is 10.8. The van der Waals surface area contributed by atoms with Crippen LogP contribution in [0.25, 0.3) is 0 Å². The molecular formula is C12H15ClO3. The van der Waals surface area contributed by atoms with E-state index in [1.165, 1.54) is 0 Å². The van der Waals surface area contributed by atoms with E-state index >= 15 is 0 Å². The fourth-order valence-electron chi connectivity index (χ4n) is 1.35. The van der Waals surface area contributed by atoms with Crippen LogP contribution in [0.5, 0.6) is 0 Å². The minimum atomic E-state index is -0.142. The van der Waals surface area contributed by atoms with Crippen LogP contribution in [0.15, 0.2) is 24.3 Å². The molecule has 0 aromatic heterocycles. The van der Waals surface area contributed by atoms with E-state index < -0.39 is 0 Å². The molecule has 0 aliphatic rings. The number of ether oxygens (including phenoxy) is 2. The van der Waals surface area contributed by atoms with Gasteiger partial charge in [-0.05, 0) is 24.1 Å². The Morgan fingerprint density at radius 2 is 2.06 bits per heavy atom. The third-order valence-corrected chi connectivity index (χ3v) is 2.39. The number of methoxy groups -OCH3 is 1. The molecule has 0 unspecified atom stereocenters. The zero-order chi connectivity index (χ0) is 11.8. The van der Waals surface area contributed by atoms with Crippen LogP contribution >= 0.6 is 11.6 Å². The summed E-state index contributed by atoms with van der Waals surface area (Å²) in [4.78, 5) is 10.8. The van der Waals surface area contributed by atoms with Crippen molar-refractivity contribution in [2.75, 3.05) is 20.5 Å². The summed E-state index contributed by atoms with van der Waals surface area (Å²) in [5, 5.41) is 0.696. The van der Waals surface area contributed by atoms with Crippen LogP contribution in [0, 0.1) is 5.92 Å². The summed E-state index contributed by atoms with van der Waals surface area (Å²) in [5.41, 5.74) is 1.07. The zero-order valence-corrected chi connectivity index (χ0v) is 9.94. The molecule has 0 bridgehead atoms. The minimum absolute atomic E-state index is 0.142. The molecule has 0 aliphatic carbocycles. The van der Waals surface area contributed by atoms with Crippen molar-refractivity contribution >= 4 is 17.9 Å². The Morgan fingerprint density at radius 3 is 2.62 bits per heavy atom. The molecule has 1 aromatic rings. The largest absolute Gasteiger partial charge is 0.359 e. The Bertz CT molecular complexity index is 311. The van der Waals surface area contributed by atoms with Gasteiger partial charge in [-0.2, -0.15) is 0 Å². The molecule has 16 heavy (non-hydrogen) atoms. The first-order chi connectivity index (χ1) is 7.76. The maximum Gasteiger partial charge on any atom is 0.146 e. The van der Waals surface area contributed by atoms with Gasteiger partial charge in [-0.15, -0.1) is 0 Å². The number of hydrogen-bond acceptors (Lipinski definition) is 3. The number of benzene rings is 1. The highest BCUT2D eigenvalue weighted by atomic mass is 35.5. The van der Waals surface area contributed by atoms with E-state index in [9.17, 15) is 4.79 Å². The number of carbonyl (C=O) groups is 1. The molecule has 1 aromatic carbocycles. The lowest BCUT2D eigenvalue weighted by Crippen LogP contribution is -2.15. The first kappa shape index (κ1) is 13.2. The quantitative estimate of drug-likeness (QED) is 0.418. The van der Waals surface area contributed by atoms with E-state index in [0.29, 0.717) is 18.1 Å². The van der Waals surface area contributed by atoms with Crippen molar-refractivity contribution in [2.45, 2.75) is 6.42 Å². The Morgan fingerprint density at radius 1 is 1.38 bits per heavy atom. The van der Waals surface area contributed by atoms with Crippen LogP contribution in [0.1, 0.15) is 5.56 Å². The summed E-state index contributed by atoms with van der Waals surface area (Å²) >= 11 is 5.77. The van der Waals surface area contributed by atoms with Gasteiger partial charge in [0.05, 0.1) is 6.61 Å². The average Bonchev–Trinajstić information content (AvgIpc) is 2.31. The van der Waals surface area contributed by atoms with Crippen molar-refractivity contribution in [1.29, 1.82) is 0 Å². The molecule has 3 nitrogen and oxygen atoms in total. The van der Waals surface area contributed by atoms with Crippen molar-refractivity contribution < 1.29 is 14.3 Å². The molecular weight excluding hydrogens is 228 g/mol. The predicted octanol–water partition coefficient (Wildman–Crippen LogP) is 2.32. The monoisotopic (exact) mass is 242 g/mol. The summed E-state index contributed by atoms with van der Waals surface area (Å²) in [6, 6.07) is 7.45. The molecule has 0 aliphatic heterocycles. The number of hydrogen-bond donors (Lipinski definition) is 0. The van der Waals surface area contributed by atoms with Gasteiger partial charge in [0.25, 0.3) is 0 Å². The molecule has 1 atom stereocenters. The second-order valence-electron chi connectivity index (χ2n) is 3.50. The standard InChI is InChI=1S/C12H15ClO3/c1-15-9-16-8-11(7-14)6-10-2-4-12(13)5-3-10/h2-5,7,11H,6,8-9H2,1H3/t11-/m1/s1. The topological polar surface area (TPSA) is 35.5 Å². The summed E-state index contributed by atoms with van der Waals surface area (Å²) in [5.74, 6) is -0.142. The highest BCUT2D eigenvalue weighted by molar-refractivity contribution is 6.30. The molecule has 0 fully saturated rings. The Balaban J connectivity index is 2.43. The van der Waals surface area contributed by atoms with E-state index in [2.05, 4.69) is 0 Å². The van der Waals surface area contributed by atoms with Crippen LogP contribution in [0.3, 0.4) is 0 Å². The van der Waals surface area contributed by atoms with E-state index in [4.69, 9.17) is 21.1 Å². The second-order valence-corrected chi connectivity index (χ2v) is 3.94. The van der Waals surface area contributed by atoms with Crippen LogP contribution in [0.2, 0.25) is 5.02 Å². The van der Waals surface area contributed by atoms with Gasteiger partial charge < -0.3 is 14.3 Å². The summed E-state index contributed by atoms with van der Waals surface area (Å²) in [7, 11) is 1.55. The minimum Gasteiger partial charge on any atom is -0.359 e. The molecule has 0 saturated heterocycles. The molecule has 0 spiro atoms. The van der Waals surface area contributed by atoms with Crippen molar-refractivity contribution in [2.24, 2.45) is 5.92 Å². The SMILES string of the molecule is COCOC[C@@H](C=O)Cc1ccc(Cl)cc1. The summed E-state index contributed by atoms with van der Waals surface area (Å²) in [6.07, 6.45) is 1.56. The molecule has 1 rings (SSSR count). The Labute approximate surface area is 100 Å². The van der Waals surface area contributed by atoms with Crippen molar-refractivity contribution in [3.63, 3.8) is 0 Å². The summed E-state index contributed by atoms with van der Waals surface area (Å²) in [6.45, 7) is 0.588. The Hall–Kier alpha value is -0.900. The van der Waals surface area contributed by atoms with Gasteiger partial charge in [-0.25, -0.2) is 0 Å². The van der Waals surface area contributed by atoms with Gasteiger partial charge in [0.1, 0.15) is 13.1 Å². The molecule has 88 valence electrons. The number of carbonyl (C=O) groups excluding carboxylic acids is 1. The predicted molar refractivity (Wildman–Crippen MR) is 62.5 cm³/mol. The van der Waals surface area contributed by atoms with Gasteiger partial charge in [-0.3, -0.25) is 0 Å². The first-order valence-electron chi connectivity index (χ1n) is 5.02. The second kappa shape index (κ2) is 7.39. The molecule has 0 heterocycles. The highest BCUT2D eigenvalue weighted by Gasteiger charge is 2.08. The lowest BCUT2D eigenvalue weighted by atomic mass is 10.0.